The lowest BCUT2D eigenvalue weighted by atomic mass is 10.1. The number of unbranched alkanes of at least 4 members (excludes halogenated alkanes) is 1. The standard InChI is InChI=1S/C16H31NO10S2Si/c1-12-16-13(2)26-30(25-12,27-16)11-5-9-17-15(18)7-4-3-6-14(29(22,23)24)8-10-28(19,20)21/h12-14,16H,3-11H2,1-2H3,(H,17,18)(H,19,20,21)(H,22,23,24). The van der Waals surface area contributed by atoms with Gasteiger partial charge >= 0.3 is 8.80 Å². The minimum absolute atomic E-state index is 0.000689. The monoisotopic (exact) mass is 489 g/mol. The van der Waals surface area contributed by atoms with E-state index in [2.05, 4.69) is 5.32 Å². The van der Waals surface area contributed by atoms with Gasteiger partial charge < -0.3 is 18.6 Å². The van der Waals surface area contributed by atoms with E-state index in [0.29, 0.717) is 31.9 Å². The van der Waals surface area contributed by atoms with Gasteiger partial charge in [0.05, 0.1) is 29.3 Å². The Hall–Kier alpha value is -0.613. The highest BCUT2D eigenvalue weighted by Gasteiger charge is 2.60. The van der Waals surface area contributed by atoms with Crippen LogP contribution in [-0.4, -0.2) is 76.5 Å². The first-order chi connectivity index (χ1) is 13.8. The van der Waals surface area contributed by atoms with Gasteiger partial charge in [-0.25, -0.2) is 0 Å². The van der Waals surface area contributed by atoms with Crippen LogP contribution in [-0.2, 0) is 38.3 Å². The fourth-order valence-electron chi connectivity index (χ4n) is 3.74. The molecule has 0 radical (unpaired) electrons. The summed E-state index contributed by atoms with van der Waals surface area (Å²) in [7, 11) is -11.4. The van der Waals surface area contributed by atoms with Gasteiger partial charge in [0.15, 0.2) is 0 Å². The second-order valence-electron chi connectivity index (χ2n) is 7.82. The Kier molecular flexibility index (Phi) is 8.84. The van der Waals surface area contributed by atoms with E-state index in [-0.39, 0.29) is 37.1 Å². The number of nitrogens with one attached hydrogen (secondary N) is 1. The van der Waals surface area contributed by atoms with Crippen molar-refractivity contribution in [1.82, 2.24) is 5.32 Å². The molecule has 3 atom stereocenters. The summed E-state index contributed by atoms with van der Waals surface area (Å²) in [6.45, 7) is 4.38. The van der Waals surface area contributed by atoms with Gasteiger partial charge in [-0.3, -0.25) is 13.9 Å². The summed E-state index contributed by atoms with van der Waals surface area (Å²) in [5, 5.41) is 1.49. The normalized spacial score (nSPS) is 29.8. The molecule has 14 heteroatoms. The van der Waals surface area contributed by atoms with E-state index in [1.54, 1.807) is 0 Å². The van der Waals surface area contributed by atoms with Crippen LogP contribution < -0.4 is 5.32 Å². The number of carbonyl (C=O) groups is 1. The maximum absolute atomic E-state index is 11.9. The van der Waals surface area contributed by atoms with E-state index >= 15 is 0 Å². The molecule has 2 fully saturated rings. The predicted molar refractivity (Wildman–Crippen MR) is 109 cm³/mol. The first kappa shape index (κ1) is 25.6. The highest BCUT2D eigenvalue weighted by Crippen LogP contribution is 2.40. The van der Waals surface area contributed by atoms with E-state index in [1.807, 2.05) is 13.8 Å². The Labute approximate surface area is 178 Å². The van der Waals surface area contributed by atoms with Crippen LogP contribution in [0.3, 0.4) is 0 Å². The average Bonchev–Trinajstić information content (AvgIpc) is 3.09. The van der Waals surface area contributed by atoms with Gasteiger partial charge in [-0.15, -0.1) is 0 Å². The number of hydrogen-bond donors (Lipinski definition) is 3. The Balaban J connectivity index is 1.60. The lowest BCUT2D eigenvalue weighted by Gasteiger charge is -2.26. The number of carbonyl (C=O) groups excluding carboxylic acids is 1. The van der Waals surface area contributed by atoms with Gasteiger partial charge in [-0.05, 0) is 39.5 Å². The minimum atomic E-state index is -4.43. The van der Waals surface area contributed by atoms with Gasteiger partial charge in [0.1, 0.15) is 0 Å². The van der Waals surface area contributed by atoms with Crippen LogP contribution in [0.15, 0.2) is 0 Å². The van der Waals surface area contributed by atoms with Crippen molar-refractivity contribution >= 4 is 34.9 Å². The van der Waals surface area contributed by atoms with E-state index < -0.39 is 46.5 Å². The minimum Gasteiger partial charge on any atom is -0.368 e. The quantitative estimate of drug-likeness (QED) is 0.191. The molecule has 0 aromatic heterocycles. The van der Waals surface area contributed by atoms with Crippen molar-refractivity contribution in [1.29, 1.82) is 0 Å². The van der Waals surface area contributed by atoms with Crippen molar-refractivity contribution in [2.75, 3.05) is 12.3 Å². The van der Waals surface area contributed by atoms with Gasteiger partial charge in [-0.1, -0.05) is 6.42 Å². The zero-order valence-electron chi connectivity index (χ0n) is 17.2. The molecule has 2 aliphatic rings. The zero-order chi connectivity index (χ0) is 22.6. The van der Waals surface area contributed by atoms with Crippen molar-refractivity contribution in [3.8, 4) is 0 Å². The third-order valence-electron chi connectivity index (χ3n) is 5.25. The van der Waals surface area contributed by atoms with Crippen molar-refractivity contribution in [2.24, 2.45) is 0 Å². The molecule has 0 spiro atoms. The van der Waals surface area contributed by atoms with Gasteiger partial charge in [0.2, 0.25) is 5.91 Å². The second-order valence-corrected chi connectivity index (χ2v) is 13.7. The number of rotatable bonds is 13. The fraction of sp³-hybridized carbons (Fsp3) is 0.938. The smallest absolute Gasteiger partial charge is 0.368 e. The molecule has 11 nitrogen and oxygen atoms in total. The predicted octanol–water partition coefficient (Wildman–Crippen LogP) is 0.749. The largest absolute Gasteiger partial charge is 0.502 e. The van der Waals surface area contributed by atoms with Crippen LogP contribution in [0.1, 0.15) is 52.4 Å². The van der Waals surface area contributed by atoms with Crippen molar-refractivity contribution in [2.45, 2.75) is 82.0 Å². The summed E-state index contributed by atoms with van der Waals surface area (Å²) in [5.41, 5.74) is 0. The van der Waals surface area contributed by atoms with Crippen LogP contribution in [0.5, 0.6) is 0 Å². The third kappa shape index (κ3) is 7.82. The Morgan fingerprint density at radius 1 is 1.00 bits per heavy atom. The number of hydrogen-bond acceptors (Lipinski definition) is 8. The first-order valence-corrected chi connectivity index (χ1v) is 15.1. The molecule has 30 heavy (non-hydrogen) atoms. The van der Waals surface area contributed by atoms with E-state index in [4.69, 9.17) is 17.8 Å². The summed E-state index contributed by atoms with van der Waals surface area (Å²) < 4.78 is 79.7. The average molecular weight is 490 g/mol. The summed E-state index contributed by atoms with van der Waals surface area (Å²) in [5.74, 6) is -0.936. The van der Waals surface area contributed by atoms with Crippen LogP contribution >= 0.6 is 0 Å². The molecule has 176 valence electrons. The third-order valence-corrected chi connectivity index (χ3v) is 10.4. The number of fused-ring (bicyclic) bond motifs is 2. The summed E-state index contributed by atoms with van der Waals surface area (Å²) in [6, 6.07) is 0.627. The van der Waals surface area contributed by atoms with Crippen molar-refractivity contribution in [3.05, 3.63) is 0 Å². The molecule has 2 bridgehead atoms. The maximum Gasteiger partial charge on any atom is 0.502 e. The second kappa shape index (κ2) is 10.3. The molecule has 0 aliphatic carbocycles. The Bertz CT molecular complexity index is 791. The van der Waals surface area contributed by atoms with Crippen LogP contribution in [0.2, 0.25) is 6.04 Å². The SMILES string of the molecule is CC1O[Si]2(CCCNC(=O)CCCCC(CCS(=O)(=O)O)S(=O)(=O)O)OC(C)C1O2. The lowest BCUT2D eigenvalue weighted by Crippen LogP contribution is -2.44. The van der Waals surface area contributed by atoms with E-state index in [0.717, 1.165) is 0 Å². The summed E-state index contributed by atoms with van der Waals surface area (Å²) >= 11 is 0. The Morgan fingerprint density at radius 2 is 1.63 bits per heavy atom. The molecule has 3 unspecified atom stereocenters. The molecule has 2 heterocycles. The molecule has 3 N–H and O–H groups in total. The van der Waals surface area contributed by atoms with Crippen LogP contribution in [0, 0.1) is 0 Å². The molecule has 2 saturated heterocycles. The zero-order valence-corrected chi connectivity index (χ0v) is 19.8. The Morgan fingerprint density at radius 3 is 2.17 bits per heavy atom. The molecule has 2 aliphatic heterocycles. The molecular weight excluding hydrogens is 458 g/mol. The lowest BCUT2D eigenvalue weighted by molar-refractivity contribution is -0.121. The van der Waals surface area contributed by atoms with Gasteiger partial charge in [0, 0.05) is 19.0 Å². The first-order valence-electron chi connectivity index (χ1n) is 10.0. The highest BCUT2D eigenvalue weighted by atomic mass is 32.2. The molecule has 0 aromatic rings. The molecule has 1 amide bonds. The molecule has 0 aromatic carbocycles. The number of amides is 1. The van der Waals surface area contributed by atoms with Crippen LogP contribution in [0.4, 0.5) is 0 Å². The highest BCUT2D eigenvalue weighted by molar-refractivity contribution is 7.87. The van der Waals surface area contributed by atoms with Crippen molar-refractivity contribution in [3.63, 3.8) is 0 Å². The van der Waals surface area contributed by atoms with Gasteiger partial charge in [-0.2, -0.15) is 16.8 Å². The summed E-state index contributed by atoms with van der Waals surface area (Å²) in [4.78, 5) is 11.9. The molecule has 2 rings (SSSR count). The maximum atomic E-state index is 11.9. The fourth-order valence-corrected chi connectivity index (χ4v) is 8.68. The van der Waals surface area contributed by atoms with Gasteiger partial charge in [0.25, 0.3) is 20.2 Å². The molecule has 0 saturated carbocycles. The van der Waals surface area contributed by atoms with Crippen molar-refractivity contribution < 1.29 is 44.0 Å². The topological polar surface area (TPSA) is 166 Å². The van der Waals surface area contributed by atoms with Crippen LogP contribution in [0.25, 0.3) is 0 Å². The molecular formula is C16H31NO10S2Si. The summed E-state index contributed by atoms with van der Waals surface area (Å²) in [6.07, 6.45) is 1.16. The van der Waals surface area contributed by atoms with E-state index in [1.165, 1.54) is 0 Å². The van der Waals surface area contributed by atoms with E-state index in [9.17, 15) is 26.2 Å².